The van der Waals surface area contributed by atoms with Crippen molar-refractivity contribution in [1.82, 2.24) is 5.32 Å². The molecule has 2 atom stereocenters. The average molecular weight is 340 g/mol. The zero-order valence-electron chi connectivity index (χ0n) is 12.0. The SMILES string of the molecule is CC1CCC(NCc2cc(Br)c3c(c2)OCCCO3)C1. The van der Waals surface area contributed by atoms with Crippen LogP contribution in [0.2, 0.25) is 0 Å². The van der Waals surface area contributed by atoms with Crippen molar-refractivity contribution in [3.63, 3.8) is 0 Å². The van der Waals surface area contributed by atoms with E-state index < -0.39 is 0 Å². The molecule has 110 valence electrons. The molecule has 2 aliphatic rings. The first-order valence-corrected chi connectivity index (χ1v) is 8.33. The number of benzene rings is 1. The molecule has 4 heteroatoms. The molecule has 0 aromatic heterocycles. The van der Waals surface area contributed by atoms with Crippen molar-refractivity contribution >= 4 is 15.9 Å². The molecule has 1 heterocycles. The minimum absolute atomic E-state index is 0.666. The van der Waals surface area contributed by atoms with Gasteiger partial charge in [-0.05, 0) is 58.8 Å². The van der Waals surface area contributed by atoms with Gasteiger partial charge < -0.3 is 14.8 Å². The summed E-state index contributed by atoms with van der Waals surface area (Å²) in [6.07, 6.45) is 4.88. The van der Waals surface area contributed by atoms with E-state index in [1.165, 1.54) is 24.8 Å². The number of nitrogens with one attached hydrogen (secondary N) is 1. The lowest BCUT2D eigenvalue weighted by Gasteiger charge is -2.15. The molecule has 0 bridgehead atoms. The number of halogens is 1. The number of hydrogen-bond donors (Lipinski definition) is 1. The summed E-state index contributed by atoms with van der Waals surface area (Å²) < 4.78 is 12.5. The molecule has 0 saturated heterocycles. The highest BCUT2D eigenvalue weighted by Gasteiger charge is 2.21. The van der Waals surface area contributed by atoms with Gasteiger partial charge in [0, 0.05) is 19.0 Å². The van der Waals surface area contributed by atoms with Crippen LogP contribution in [0.5, 0.6) is 11.5 Å². The van der Waals surface area contributed by atoms with E-state index in [1.54, 1.807) is 0 Å². The predicted molar refractivity (Wildman–Crippen MR) is 83.4 cm³/mol. The highest BCUT2D eigenvalue weighted by atomic mass is 79.9. The highest BCUT2D eigenvalue weighted by molar-refractivity contribution is 9.10. The lowest BCUT2D eigenvalue weighted by molar-refractivity contribution is 0.296. The molecule has 1 N–H and O–H groups in total. The van der Waals surface area contributed by atoms with E-state index in [2.05, 4.69) is 40.3 Å². The normalized spacial score (nSPS) is 25.5. The smallest absolute Gasteiger partial charge is 0.175 e. The predicted octanol–water partition coefficient (Wildman–Crippen LogP) is 3.89. The quantitative estimate of drug-likeness (QED) is 0.906. The lowest BCUT2D eigenvalue weighted by atomic mass is 10.1. The van der Waals surface area contributed by atoms with Crippen molar-refractivity contribution in [3.05, 3.63) is 22.2 Å². The standard InChI is InChI=1S/C16H22BrNO2/c1-11-3-4-13(7-11)18-10-12-8-14(17)16-15(9-12)19-5-2-6-20-16/h8-9,11,13,18H,2-7,10H2,1H3. The lowest BCUT2D eigenvalue weighted by Crippen LogP contribution is -2.25. The Kier molecular flexibility index (Phi) is 4.51. The van der Waals surface area contributed by atoms with E-state index in [4.69, 9.17) is 9.47 Å². The Bertz CT molecular complexity index is 478. The van der Waals surface area contributed by atoms with Gasteiger partial charge in [-0.25, -0.2) is 0 Å². The van der Waals surface area contributed by atoms with E-state index in [1.807, 2.05) is 0 Å². The molecular formula is C16H22BrNO2. The Morgan fingerprint density at radius 2 is 2.10 bits per heavy atom. The first-order chi connectivity index (χ1) is 9.72. The zero-order chi connectivity index (χ0) is 13.9. The summed E-state index contributed by atoms with van der Waals surface area (Å²) in [5.74, 6) is 2.58. The van der Waals surface area contributed by atoms with Crippen LogP contribution in [0.3, 0.4) is 0 Å². The molecule has 0 radical (unpaired) electrons. The molecule has 3 rings (SSSR count). The Hall–Kier alpha value is -0.740. The summed E-state index contributed by atoms with van der Waals surface area (Å²) in [5, 5.41) is 3.66. The van der Waals surface area contributed by atoms with E-state index in [0.29, 0.717) is 6.04 Å². The molecule has 1 aliphatic heterocycles. The minimum atomic E-state index is 0.666. The van der Waals surface area contributed by atoms with Gasteiger partial charge in [0.05, 0.1) is 17.7 Å². The monoisotopic (exact) mass is 339 g/mol. The summed E-state index contributed by atoms with van der Waals surface area (Å²) >= 11 is 3.60. The fraction of sp³-hybridized carbons (Fsp3) is 0.625. The van der Waals surface area contributed by atoms with E-state index in [9.17, 15) is 0 Å². The molecule has 1 aliphatic carbocycles. The second-order valence-corrected chi connectivity index (χ2v) is 6.81. The molecule has 0 amide bonds. The van der Waals surface area contributed by atoms with Crippen LogP contribution in [-0.4, -0.2) is 19.3 Å². The van der Waals surface area contributed by atoms with E-state index in [0.717, 1.165) is 48.1 Å². The van der Waals surface area contributed by atoms with E-state index >= 15 is 0 Å². The summed E-state index contributed by atoms with van der Waals surface area (Å²) in [4.78, 5) is 0. The van der Waals surface area contributed by atoms with Crippen molar-refractivity contribution in [2.45, 2.75) is 45.2 Å². The van der Waals surface area contributed by atoms with Crippen molar-refractivity contribution in [2.75, 3.05) is 13.2 Å². The maximum Gasteiger partial charge on any atom is 0.175 e. The average Bonchev–Trinajstić information content (AvgIpc) is 2.70. The molecule has 1 aromatic rings. The van der Waals surface area contributed by atoms with Gasteiger partial charge in [-0.3, -0.25) is 0 Å². The number of fused-ring (bicyclic) bond motifs is 1. The summed E-state index contributed by atoms with van der Waals surface area (Å²) in [7, 11) is 0. The van der Waals surface area contributed by atoms with Gasteiger partial charge in [0.15, 0.2) is 11.5 Å². The van der Waals surface area contributed by atoms with E-state index in [-0.39, 0.29) is 0 Å². The fourth-order valence-corrected chi connectivity index (χ4v) is 3.64. The fourth-order valence-electron chi connectivity index (χ4n) is 3.04. The van der Waals surface area contributed by atoms with Crippen molar-refractivity contribution in [1.29, 1.82) is 0 Å². The van der Waals surface area contributed by atoms with Crippen molar-refractivity contribution < 1.29 is 9.47 Å². The van der Waals surface area contributed by atoms with Crippen LogP contribution >= 0.6 is 15.9 Å². The molecule has 3 nitrogen and oxygen atoms in total. The van der Waals surface area contributed by atoms with Crippen LogP contribution in [0, 0.1) is 5.92 Å². The van der Waals surface area contributed by atoms with Gasteiger partial charge in [0.1, 0.15) is 0 Å². The van der Waals surface area contributed by atoms with Crippen molar-refractivity contribution in [2.24, 2.45) is 5.92 Å². The first kappa shape index (κ1) is 14.2. The van der Waals surface area contributed by atoms with Gasteiger partial charge >= 0.3 is 0 Å². The Morgan fingerprint density at radius 3 is 2.90 bits per heavy atom. The van der Waals surface area contributed by atoms with Crippen LogP contribution in [-0.2, 0) is 6.54 Å². The first-order valence-electron chi connectivity index (χ1n) is 7.54. The molecule has 1 fully saturated rings. The molecule has 20 heavy (non-hydrogen) atoms. The number of hydrogen-bond acceptors (Lipinski definition) is 3. The summed E-state index contributed by atoms with van der Waals surface area (Å²) in [6.45, 7) is 4.69. The third kappa shape index (κ3) is 3.29. The molecule has 1 aromatic carbocycles. The molecular weight excluding hydrogens is 318 g/mol. The van der Waals surface area contributed by atoms with Crippen molar-refractivity contribution in [3.8, 4) is 11.5 Å². The van der Waals surface area contributed by atoms with Crippen LogP contribution < -0.4 is 14.8 Å². The van der Waals surface area contributed by atoms with Crippen LogP contribution in [0.1, 0.15) is 38.2 Å². The number of rotatable bonds is 3. The van der Waals surface area contributed by atoms with Gasteiger partial charge in [-0.1, -0.05) is 6.92 Å². The topological polar surface area (TPSA) is 30.5 Å². The second kappa shape index (κ2) is 6.35. The maximum atomic E-state index is 5.78. The summed E-state index contributed by atoms with van der Waals surface area (Å²) in [5.41, 5.74) is 1.25. The third-order valence-electron chi connectivity index (χ3n) is 4.15. The number of ether oxygens (including phenoxy) is 2. The largest absolute Gasteiger partial charge is 0.490 e. The molecule has 0 spiro atoms. The van der Waals surface area contributed by atoms with Crippen LogP contribution in [0.4, 0.5) is 0 Å². The van der Waals surface area contributed by atoms with Crippen LogP contribution in [0.25, 0.3) is 0 Å². The van der Waals surface area contributed by atoms with Gasteiger partial charge in [-0.2, -0.15) is 0 Å². The highest BCUT2D eigenvalue weighted by Crippen LogP contribution is 2.38. The van der Waals surface area contributed by atoms with Crippen LogP contribution in [0.15, 0.2) is 16.6 Å². The molecule has 1 saturated carbocycles. The minimum Gasteiger partial charge on any atom is -0.490 e. The Balaban J connectivity index is 1.67. The summed E-state index contributed by atoms with van der Waals surface area (Å²) in [6, 6.07) is 4.91. The third-order valence-corrected chi connectivity index (χ3v) is 4.74. The van der Waals surface area contributed by atoms with Gasteiger partial charge in [0.2, 0.25) is 0 Å². The van der Waals surface area contributed by atoms with Gasteiger partial charge in [-0.15, -0.1) is 0 Å². The maximum absolute atomic E-state index is 5.78. The molecule has 2 unspecified atom stereocenters. The van der Waals surface area contributed by atoms with Gasteiger partial charge in [0.25, 0.3) is 0 Å². The second-order valence-electron chi connectivity index (χ2n) is 5.95. The zero-order valence-corrected chi connectivity index (χ0v) is 13.5. The Labute approximate surface area is 129 Å². The Morgan fingerprint density at radius 1 is 1.25 bits per heavy atom.